The molecule has 2 atom stereocenters. The van der Waals surface area contributed by atoms with Crippen LogP contribution in [0.15, 0.2) is 24.3 Å². The molecule has 5 nitrogen and oxygen atoms in total. The van der Waals surface area contributed by atoms with E-state index in [9.17, 15) is 9.59 Å². The molecule has 0 spiro atoms. The van der Waals surface area contributed by atoms with E-state index in [4.69, 9.17) is 4.74 Å². The maximum Gasteiger partial charge on any atom is 0.407 e. The molecule has 0 saturated carbocycles. The van der Waals surface area contributed by atoms with Gasteiger partial charge in [-0.3, -0.25) is 4.79 Å². The Hall–Kier alpha value is -2.04. The molecule has 0 unspecified atom stereocenters. The number of carbonyl (C=O) groups excluding carboxylic acids is 2. The molecule has 0 aromatic heterocycles. The second-order valence-corrected chi connectivity index (χ2v) is 4.18. The Morgan fingerprint density at radius 2 is 2.06 bits per heavy atom. The van der Waals surface area contributed by atoms with Gasteiger partial charge in [-0.05, 0) is 17.5 Å². The van der Waals surface area contributed by atoms with Gasteiger partial charge < -0.3 is 14.8 Å². The van der Waals surface area contributed by atoms with Crippen LogP contribution >= 0.6 is 0 Å². The molecule has 1 aromatic carbocycles. The summed E-state index contributed by atoms with van der Waals surface area (Å²) in [6.45, 7) is 1.36. The van der Waals surface area contributed by atoms with E-state index >= 15 is 0 Å². The highest BCUT2D eigenvalue weighted by Crippen LogP contribution is 2.34. The maximum absolute atomic E-state index is 11.3. The first-order chi connectivity index (χ1) is 8.61. The number of ether oxygens (including phenoxy) is 2. The highest BCUT2D eigenvalue weighted by molar-refractivity contribution is 5.69. The average molecular weight is 249 g/mol. The molecule has 1 N–H and O–H groups in total. The number of methoxy groups -OCH3 is 1. The standard InChI is InChI=1S/C13H15NO4/c1-8(15)18-12-10-6-4-3-5-9(10)7-11(12)14-13(16)17-2/h3-6,11-12H,7H2,1-2H3,(H,14,16)/t11-,12-/m1/s1. The molecule has 96 valence electrons. The fraction of sp³-hybridized carbons (Fsp3) is 0.385. The summed E-state index contributed by atoms with van der Waals surface area (Å²) in [6, 6.07) is 7.39. The summed E-state index contributed by atoms with van der Waals surface area (Å²) in [6.07, 6.45) is -0.341. The largest absolute Gasteiger partial charge is 0.455 e. The number of nitrogens with one attached hydrogen (secondary N) is 1. The molecular formula is C13H15NO4. The normalized spacial score (nSPS) is 21.0. The Balaban J connectivity index is 2.22. The number of esters is 1. The van der Waals surface area contributed by atoms with E-state index in [-0.39, 0.29) is 12.0 Å². The summed E-state index contributed by atoms with van der Waals surface area (Å²) in [4.78, 5) is 22.4. The van der Waals surface area contributed by atoms with Gasteiger partial charge in [0.15, 0.2) is 0 Å². The average Bonchev–Trinajstić information content (AvgIpc) is 2.67. The van der Waals surface area contributed by atoms with E-state index in [1.807, 2.05) is 24.3 Å². The van der Waals surface area contributed by atoms with Crippen molar-refractivity contribution in [2.45, 2.75) is 25.5 Å². The molecule has 0 radical (unpaired) electrons. The Morgan fingerprint density at radius 1 is 1.33 bits per heavy atom. The first-order valence-electron chi connectivity index (χ1n) is 5.71. The van der Waals surface area contributed by atoms with Gasteiger partial charge in [0.1, 0.15) is 6.10 Å². The molecule has 18 heavy (non-hydrogen) atoms. The van der Waals surface area contributed by atoms with Crippen molar-refractivity contribution in [3.63, 3.8) is 0 Å². The highest BCUT2D eigenvalue weighted by Gasteiger charge is 2.35. The van der Waals surface area contributed by atoms with Crippen LogP contribution in [0.4, 0.5) is 4.79 Å². The fourth-order valence-electron chi connectivity index (χ4n) is 2.22. The zero-order chi connectivity index (χ0) is 13.1. The van der Waals surface area contributed by atoms with Crippen molar-refractivity contribution < 1.29 is 19.1 Å². The van der Waals surface area contributed by atoms with Crippen LogP contribution in [0.25, 0.3) is 0 Å². The van der Waals surface area contributed by atoms with E-state index in [0.717, 1.165) is 11.1 Å². The number of amides is 1. The van der Waals surface area contributed by atoms with Crippen LogP contribution in [-0.2, 0) is 20.7 Å². The van der Waals surface area contributed by atoms with Crippen LogP contribution in [0.1, 0.15) is 24.2 Å². The molecule has 1 aliphatic rings. The van der Waals surface area contributed by atoms with E-state index in [1.165, 1.54) is 14.0 Å². The van der Waals surface area contributed by atoms with E-state index in [2.05, 4.69) is 10.1 Å². The van der Waals surface area contributed by atoms with Gasteiger partial charge in [-0.1, -0.05) is 24.3 Å². The third kappa shape index (κ3) is 2.45. The van der Waals surface area contributed by atoms with Crippen molar-refractivity contribution in [1.82, 2.24) is 5.32 Å². The molecule has 1 aromatic rings. The van der Waals surface area contributed by atoms with Crippen molar-refractivity contribution in [3.05, 3.63) is 35.4 Å². The summed E-state index contributed by atoms with van der Waals surface area (Å²) in [7, 11) is 1.30. The molecule has 1 amide bonds. The van der Waals surface area contributed by atoms with E-state index < -0.39 is 12.2 Å². The molecule has 1 aliphatic carbocycles. The van der Waals surface area contributed by atoms with E-state index in [0.29, 0.717) is 6.42 Å². The van der Waals surface area contributed by atoms with Crippen molar-refractivity contribution in [2.24, 2.45) is 0 Å². The molecular weight excluding hydrogens is 234 g/mol. The van der Waals surface area contributed by atoms with Crippen LogP contribution in [-0.4, -0.2) is 25.2 Å². The predicted octanol–water partition coefficient (Wildman–Crippen LogP) is 1.57. The molecule has 0 aliphatic heterocycles. The summed E-state index contributed by atoms with van der Waals surface area (Å²) in [5.41, 5.74) is 2.01. The molecule has 2 rings (SSSR count). The van der Waals surface area contributed by atoms with Crippen molar-refractivity contribution in [1.29, 1.82) is 0 Å². The lowest BCUT2D eigenvalue weighted by molar-refractivity contribution is -0.147. The van der Waals surface area contributed by atoms with Gasteiger partial charge in [0.25, 0.3) is 0 Å². The lowest BCUT2D eigenvalue weighted by atomic mass is 10.1. The minimum Gasteiger partial charge on any atom is -0.455 e. The number of carbonyl (C=O) groups is 2. The second kappa shape index (κ2) is 5.08. The topological polar surface area (TPSA) is 64.6 Å². The SMILES string of the molecule is COC(=O)N[C@@H]1Cc2ccccc2[C@H]1OC(C)=O. The van der Waals surface area contributed by atoms with Gasteiger partial charge in [0, 0.05) is 6.92 Å². The van der Waals surface area contributed by atoms with Gasteiger partial charge in [-0.25, -0.2) is 4.79 Å². The first-order valence-corrected chi connectivity index (χ1v) is 5.71. The summed E-state index contributed by atoms with van der Waals surface area (Å²) < 4.78 is 9.86. The van der Waals surface area contributed by atoms with Gasteiger partial charge in [-0.15, -0.1) is 0 Å². The number of benzene rings is 1. The van der Waals surface area contributed by atoms with Crippen LogP contribution in [0, 0.1) is 0 Å². The molecule has 5 heteroatoms. The van der Waals surface area contributed by atoms with Crippen molar-refractivity contribution in [3.8, 4) is 0 Å². The van der Waals surface area contributed by atoms with Crippen LogP contribution in [0.2, 0.25) is 0 Å². The van der Waals surface area contributed by atoms with Gasteiger partial charge in [-0.2, -0.15) is 0 Å². The second-order valence-electron chi connectivity index (χ2n) is 4.18. The zero-order valence-corrected chi connectivity index (χ0v) is 10.3. The number of alkyl carbamates (subject to hydrolysis) is 1. The zero-order valence-electron chi connectivity index (χ0n) is 10.3. The monoisotopic (exact) mass is 249 g/mol. The third-order valence-corrected chi connectivity index (χ3v) is 2.95. The highest BCUT2D eigenvalue weighted by atomic mass is 16.6. The Kier molecular flexibility index (Phi) is 3.50. The van der Waals surface area contributed by atoms with Crippen LogP contribution < -0.4 is 5.32 Å². The van der Waals surface area contributed by atoms with Crippen LogP contribution in [0.3, 0.4) is 0 Å². The summed E-state index contributed by atoms with van der Waals surface area (Å²) >= 11 is 0. The Bertz CT molecular complexity index is 472. The van der Waals surface area contributed by atoms with Gasteiger partial charge in [0.05, 0.1) is 13.2 Å². The summed E-state index contributed by atoms with van der Waals surface area (Å²) in [5.74, 6) is -0.367. The van der Waals surface area contributed by atoms with Crippen molar-refractivity contribution >= 4 is 12.1 Å². The van der Waals surface area contributed by atoms with E-state index in [1.54, 1.807) is 0 Å². The lowest BCUT2D eigenvalue weighted by Gasteiger charge is -2.20. The first kappa shape index (κ1) is 12.4. The predicted molar refractivity (Wildman–Crippen MR) is 64.0 cm³/mol. The molecule has 0 heterocycles. The number of hydrogen-bond acceptors (Lipinski definition) is 4. The molecule has 0 bridgehead atoms. The molecule has 0 fully saturated rings. The summed E-state index contributed by atoms with van der Waals surface area (Å²) in [5, 5.41) is 2.69. The minimum atomic E-state index is -0.523. The minimum absolute atomic E-state index is 0.279. The smallest absolute Gasteiger partial charge is 0.407 e. The van der Waals surface area contributed by atoms with Gasteiger partial charge in [0.2, 0.25) is 0 Å². The van der Waals surface area contributed by atoms with Gasteiger partial charge >= 0.3 is 12.1 Å². The Labute approximate surface area is 105 Å². The third-order valence-electron chi connectivity index (χ3n) is 2.95. The van der Waals surface area contributed by atoms with Crippen molar-refractivity contribution in [2.75, 3.05) is 7.11 Å². The number of fused-ring (bicyclic) bond motifs is 1. The lowest BCUT2D eigenvalue weighted by Crippen LogP contribution is -2.39. The number of rotatable bonds is 2. The Morgan fingerprint density at radius 3 is 2.72 bits per heavy atom. The fourth-order valence-corrected chi connectivity index (χ4v) is 2.22. The molecule has 0 saturated heterocycles. The maximum atomic E-state index is 11.3. The van der Waals surface area contributed by atoms with Crippen LogP contribution in [0.5, 0.6) is 0 Å². The quantitative estimate of drug-likeness (QED) is 0.808. The number of hydrogen-bond donors (Lipinski definition) is 1.